The Kier molecular flexibility index (Phi) is 3.38. The number of hydrogen-bond donors (Lipinski definition) is 1. The van der Waals surface area contributed by atoms with Gasteiger partial charge in [0.25, 0.3) is 5.91 Å². The molecule has 1 aliphatic rings. The Labute approximate surface area is 132 Å². The van der Waals surface area contributed by atoms with Crippen molar-refractivity contribution in [1.82, 2.24) is 19.9 Å². The van der Waals surface area contributed by atoms with Crippen molar-refractivity contribution in [1.29, 1.82) is 0 Å². The van der Waals surface area contributed by atoms with Gasteiger partial charge < -0.3 is 9.84 Å². The molecule has 0 atom stereocenters. The van der Waals surface area contributed by atoms with E-state index in [4.69, 9.17) is 4.52 Å². The Morgan fingerprint density at radius 2 is 2.13 bits per heavy atom. The summed E-state index contributed by atoms with van der Waals surface area (Å²) in [5, 5.41) is 11.0. The zero-order valence-electron chi connectivity index (χ0n) is 12.3. The molecule has 1 saturated carbocycles. The molecule has 3 heterocycles. The van der Waals surface area contributed by atoms with E-state index in [1.54, 1.807) is 24.5 Å². The summed E-state index contributed by atoms with van der Waals surface area (Å²) in [6, 6.07) is 9.23. The third-order valence-corrected chi connectivity index (χ3v) is 3.99. The summed E-state index contributed by atoms with van der Waals surface area (Å²) in [6.07, 6.45) is 6.75. The molecule has 0 bridgehead atoms. The highest BCUT2D eigenvalue weighted by atomic mass is 16.5. The molecule has 0 unspecified atom stereocenters. The number of hydrogen-bond acceptors (Lipinski definition) is 5. The van der Waals surface area contributed by atoms with E-state index in [1.165, 1.54) is 6.42 Å². The Morgan fingerprint density at radius 3 is 2.87 bits per heavy atom. The first-order valence-electron chi connectivity index (χ1n) is 7.54. The lowest BCUT2D eigenvalue weighted by molar-refractivity contribution is 0.0986. The average molecular weight is 309 g/mol. The van der Waals surface area contributed by atoms with Crippen LogP contribution < -0.4 is 5.32 Å². The predicted molar refractivity (Wildman–Crippen MR) is 82.8 cm³/mol. The lowest BCUT2D eigenvalue weighted by Crippen LogP contribution is -2.22. The average Bonchev–Trinajstić information content (AvgIpc) is 3.17. The van der Waals surface area contributed by atoms with Gasteiger partial charge in [-0.2, -0.15) is 5.10 Å². The molecule has 1 N–H and O–H groups in total. The Bertz CT molecular complexity index is 820. The fourth-order valence-electron chi connectivity index (χ4n) is 2.53. The fourth-order valence-corrected chi connectivity index (χ4v) is 2.53. The van der Waals surface area contributed by atoms with Gasteiger partial charge in [0, 0.05) is 18.3 Å². The first-order valence-corrected chi connectivity index (χ1v) is 7.54. The van der Waals surface area contributed by atoms with Crippen LogP contribution >= 0.6 is 0 Å². The number of pyridine rings is 1. The molecule has 7 heteroatoms. The summed E-state index contributed by atoms with van der Waals surface area (Å²) in [5.41, 5.74) is 1.19. The molecule has 3 aromatic rings. The second-order valence-corrected chi connectivity index (χ2v) is 5.49. The van der Waals surface area contributed by atoms with E-state index >= 15 is 0 Å². The van der Waals surface area contributed by atoms with Crippen LogP contribution in [0.3, 0.4) is 0 Å². The first-order chi connectivity index (χ1) is 11.3. The van der Waals surface area contributed by atoms with E-state index in [2.05, 4.69) is 20.6 Å². The molecule has 4 rings (SSSR count). The monoisotopic (exact) mass is 309 g/mol. The summed E-state index contributed by atoms with van der Waals surface area (Å²) < 4.78 is 7.00. The smallest absolute Gasteiger partial charge is 0.295 e. The minimum atomic E-state index is -0.347. The number of amides is 1. The summed E-state index contributed by atoms with van der Waals surface area (Å²) in [5.74, 6) is 0.475. The van der Waals surface area contributed by atoms with E-state index in [0.717, 1.165) is 12.8 Å². The van der Waals surface area contributed by atoms with Crippen LogP contribution in [0.4, 0.5) is 5.82 Å². The molecule has 3 aromatic heterocycles. The molecule has 23 heavy (non-hydrogen) atoms. The standard InChI is InChI=1S/C16H15N5O2/c22-16(19-15-7-9-18-21(15)11-4-3-5-11)14-10-13(20-23-14)12-6-1-2-8-17-12/h1-2,6-11H,3-5H2,(H,19,22). The zero-order chi connectivity index (χ0) is 15.6. The molecule has 0 aliphatic heterocycles. The van der Waals surface area contributed by atoms with Crippen molar-refractivity contribution in [3.63, 3.8) is 0 Å². The van der Waals surface area contributed by atoms with Crippen LogP contribution in [0.15, 0.2) is 47.2 Å². The maximum Gasteiger partial charge on any atom is 0.295 e. The third-order valence-electron chi connectivity index (χ3n) is 3.99. The van der Waals surface area contributed by atoms with Crippen LogP contribution in [-0.2, 0) is 0 Å². The molecule has 0 saturated heterocycles. The number of nitrogens with one attached hydrogen (secondary N) is 1. The molecular formula is C16H15N5O2. The van der Waals surface area contributed by atoms with Crippen LogP contribution in [0, 0.1) is 0 Å². The summed E-state index contributed by atoms with van der Waals surface area (Å²) in [4.78, 5) is 16.5. The minimum Gasteiger partial charge on any atom is -0.350 e. The lowest BCUT2D eigenvalue weighted by Gasteiger charge is -2.27. The van der Waals surface area contributed by atoms with Gasteiger partial charge in [-0.15, -0.1) is 0 Å². The summed E-state index contributed by atoms with van der Waals surface area (Å²) in [7, 11) is 0. The molecule has 7 nitrogen and oxygen atoms in total. The van der Waals surface area contributed by atoms with E-state index in [1.807, 2.05) is 22.9 Å². The van der Waals surface area contributed by atoms with Gasteiger partial charge in [0.2, 0.25) is 5.76 Å². The molecule has 1 amide bonds. The number of rotatable bonds is 4. The van der Waals surface area contributed by atoms with Crippen molar-refractivity contribution in [2.45, 2.75) is 25.3 Å². The molecule has 0 radical (unpaired) electrons. The van der Waals surface area contributed by atoms with Gasteiger partial charge >= 0.3 is 0 Å². The second kappa shape index (κ2) is 5.68. The van der Waals surface area contributed by atoms with E-state index in [0.29, 0.717) is 23.2 Å². The van der Waals surface area contributed by atoms with Crippen LogP contribution in [0.25, 0.3) is 11.4 Å². The normalized spacial score (nSPS) is 14.4. The van der Waals surface area contributed by atoms with Crippen LogP contribution in [0.5, 0.6) is 0 Å². The molecule has 0 spiro atoms. The van der Waals surface area contributed by atoms with Gasteiger partial charge in [0.15, 0.2) is 0 Å². The Hall–Kier alpha value is -2.96. The highest BCUT2D eigenvalue weighted by Crippen LogP contribution is 2.33. The van der Waals surface area contributed by atoms with Crippen molar-refractivity contribution in [2.75, 3.05) is 5.32 Å². The topological polar surface area (TPSA) is 85.8 Å². The largest absolute Gasteiger partial charge is 0.350 e. The maximum absolute atomic E-state index is 12.3. The molecular weight excluding hydrogens is 294 g/mol. The van der Waals surface area contributed by atoms with Crippen LogP contribution in [0.2, 0.25) is 0 Å². The van der Waals surface area contributed by atoms with E-state index < -0.39 is 0 Å². The first kappa shape index (κ1) is 13.7. The summed E-state index contributed by atoms with van der Waals surface area (Å²) in [6.45, 7) is 0. The van der Waals surface area contributed by atoms with Crippen LogP contribution in [0.1, 0.15) is 35.9 Å². The number of carbonyl (C=O) groups excluding carboxylic acids is 1. The predicted octanol–water partition coefficient (Wildman–Crippen LogP) is 2.91. The van der Waals surface area contributed by atoms with E-state index in [9.17, 15) is 4.79 Å². The van der Waals surface area contributed by atoms with Gasteiger partial charge in [0.1, 0.15) is 11.5 Å². The molecule has 0 aromatic carbocycles. The molecule has 1 fully saturated rings. The SMILES string of the molecule is O=C(Nc1ccnn1C1CCC1)c1cc(-c2ccccn2)no1. The number of anilines is 1. The van der Waals surface area contributed by atoms with Crippen molar-refractivity contribution in [3.8, 4) is 11.4 Å². The summed E-state index contributed by atoms with van der Waals surface area (Å²) >= 11 is 0. The van der Waals surface area contributed by atoms with Crippen molar-refractivity contribution < 1.29 is 9.32 Å². The quantitative estimate of drug-likeness (QED) is 0.801. The van der Waals surface area contributed by atoms with Crippen LogP contribution in [-0.4, -0.2) is 25.8 Å². The highest BCUT2D eigenvalue weighted by molar-refractivity contribution is 6.02. The van der Waals surface area contributed by atoms with Gasteiger partial charge in [0.05, 0.1) is 17.9 Å². The zero-order valence-corrected chi connectivity index (χ0v) is 12.3. The Morgan fingerprint density at radius 1 is 1.22 bits per heavy atom. The highest BCUT2D eigenvalue weighted by Gasteiger charge is 2.23. The third kappa shape index (κ3) is 2.61. The number of nitrogens with zero attached hydrogens (tertiary/aromatic N) is 4. The van der Waals surface area contributed by atoms with Gasteiger partial charge in [-0.05, 0) is 31.4 Å². The fraction of sp³-hybridized carbons (Fsp3) is 0.250. The number of aromatic nitrogens is 4. The minimum absolute atomic E-state index is 0.145. The van der Waals surface area contributed by atoms with E-state index in [-0.39, 0.29) is 11.7 Å². The number of carbonyl (C=O) groups is 1. The maximum atomic E-state index is 12.3. The van der Waals surface area contributed by atoms with Gasteiger partial charge in [-0.3, -0.25) is 9.78 Å². The van der Waals surface area contributed by atoms with Gasteiger partial charge in [-0.25, -0.2) is 4.68 Å². The van der Waals surface area contributed by atoms with Gasteiger partial charge in [-0.1, -0.05) is 11.2 Å². The van der Waals surface area contributed by atoms with Crippen molar-refractivity contribution in [2.24, 2.45) is 0 Å². The molecule has 116 valence electrons. The van der Waals surface area contributed by atoms with Crippen molar-refractivity contribution in [3.05, 3.63) is 48.5 Å². The Balaban J connectivity index is 1.52. The second-order valence-electron chi connectivity index (χ2n) is 5.49. The molecule has 1 aliphatic carbocycles. The van der Waals surface area contributed by atoms with Crippen molar-refractivity contribution >= 4 is 11.7 Å². The lowest BCUT2D eigenvalue weighted by atomic mass is 9.93.